The first-order valence-corrected chi connectivity index (χ1v) is 9.01. The zero-order valence-electron chi connectivity index (χ0n) is 15.2. The number of carbonyl (C=O) groups is 1. The Bertz CT molecular complexity index is 592. The minimum Gasteiger partial charge on any atom is -0.399 e. The maximum atomic E-state index is 12.4. The Hall–Kier alpha value is -1.33. The van der Waals surface area contributed by atoms with Crippen LogP contribution in [0.5, 0.6) is 0 Å². The highest BCUT2D eigenvalue weighted by atomic mass is 16.7. The molecule has 3 rings (SSSR count). The van der Waals surface area contributed by atoms with E-state index in [1.807, 2.05) is 52.0 Å². The molecule has 5 heteroatoms. The van der Waals surface area contributed by atoms with Gasteiger partial charge in [-0.1, -0.05) is 37.1 Å². The van der Waals surface area contributed by atoms with Crippen molar-refractivity contribution in [2.75, 3.05) is 0 Å². The number of carbonyl (C=O) groups excluding carboxylic acids is 1. The summed E-state index contributed by atoms with van der Waals surface area (Å²) in [4.78, 5) is 12.4. The van der Waals surface area contributed by atoms with E-state index >= 15 is 0 Å². The van der Waals surface area contributed by atoms with Gasteiger partial charge < -0.3 is 14.6 Å². The van der Waals surface area contributed by atoms with Gasteiger partial charge in [0.05, 0.1) is 17.6 Å². The predicted octanol–water partition coefficient (Wildman–Crippen LogP) is 2.59. The van der Waals surface area contributed by atoms with Crippen LogP contribution in [-0.2, 0) is 20.5 Å². The highest BCUT2D eigenvalue weighted by Crippen LogP contribution is 2.36. The smallest absolute Gasteiger partial charge is 0.399 e. The lowest BCUT2D eigenvalue weighted by atomic mass is 9.75. The largest absolute Gasteiger partial charge is 0.495 e. The molecule has 1 aliphatic carbocycles. The Kier molecular flexibility index (Phi) is 4.76. The van der Waals surface area contributed by atoms with Gasteiger partial charge in [-0.2, -0.15) is 0 Å². The summed E-state index contributed by atoms with van der Waals surface area (Å²) in [5.74, 6) is 0.0888. The molecule has 2 aliphatic rings. The second-order valence-electron chi connectivity index (χ2n) is 8.01. The van der Waals surface area contributed by atoms with Gasteiger partial charge in [0, 0.05) is 6.04 Å². The SMILES string of the molecule is CC1(C)OB(c2ccccc2CC(=O)NC2CCCC2)OC1(C)C. The van der Waals surface area contributed by atoms with Crippen LogP contribution < -0.4 is 10.8 Å². The van der Waals surface area contributed by atoms with Crippen molar-refractivity contribution in [3.8, 4) is 0 Å². The maximum Gasteiger partial charge on any atom is 0.495 e. The van der Waals surface area contributed by atoms with Crippen LogP contribution in [0.15, 0.2) is 24.3 Å². The van der Waals surface area contributed by atoms with E-state index < -0.39 is 7.12 Å². The van der Waals surface area contributed by atoms with Crippen LogP contribution in [0.4, 0.5) is 0 Å². The third-order valence-corrected chi connectivity index (χ3v) is 5.63. The van der Waals surface area contributed by atoms with Crippen molar-refractivity contribution in [3.63, 3.8) is 0 Å². The van der Waals surface area contributed by atoms with Crippen LogP contribution in [0.2, 0.25) is 0 Å². The van der Waals surface area contributed by atoms with Gasteiger partial charge in [0.25, 0.3) is 0 Å². The Morgan fingerprint density at radius 3 is 2.33 bits per heavy atom. The first kappa shape index (κ1) is 17.5. The molecule has 24 heavy (non-hydrogen) atoms. The van der Waals surface area contributed by atoms with Gasteiger partial charge in [-0.3, -0.25) is 4.79 Å². The first-order chi connectivity index (χ1) is 11.3. The van der Waals surface area contributed by atoms with Crippen LogP contribution in [0.3, 0.4) is 0 Å². The number of hydrogen-bond acceptors (Lipinski definition) is 3. The average molecular weight is 329 g/mol. The molecule has 1 aliphatic heterocycles. The predicted molar refractivity (Wildman–Crippen MR) is 96.3 cm³/mol. The molecule has 1 saturated carbocycles. The Morgan fingerprint density at radius 1 is 1.12 bits per heavy atom. The third-order valence-electron chi connectivity index (χ3n) is 5.63. The van der Waals surface area contributed by atoms with Crippen molar-refractivity contribution in [1.82, 2.24) is 5.32 Å². The molecular formula is C19H28BNO3. The molecule has 1 N–H and O–H groups in total. The van der Waals surface area contributed by atoms with Crippen LogP contribution in [0.25, 0.3) is 0 Å². The van der Waals surface area contributed by atoms with Crippen molar-refractivity contribution in [2.45, 2.75) is 77.0 Å². The average Bonchev–Trinajstić information content (AvgIpc) is 3.06. The van der Waals surface area contributed by atoms with Crippen LogP contribution >= 0.6 is 0 Å². The second-order valence-corrected chi connectivity index (χ2v) is 8.01. The molecule has 0 radical (unpaired) electrons. The zero-order chi connectivity index (χ0) is 17.4. The monoisotopic (exact) mass is 329 g/mol. The van der Waals surface area contributed by atoms with E-state index in [9.17, 15) is 4.79 Å². The topological polar surface area (TPSA) is 47.6 Å². The molecule has 1 aromatic carbocycles. The van der Waals surface area contributed by atoms with Crippen LogP contribution in [-0.4, -0.2) is 30.3 Å². The van der Waals surface area contributed by atoms with Gasteiger partial charge in [-0.05, 0) is 51.6 Å². The molecule has 1 heterocycles. The summed E-state index contributed by atoms with van der Waals surface area (Å²) < 4.78 is 12.3. The van der Waals surface area contributed by atoms with Gasteiger partial charge in [0.15, 0.2) is 0 Å². The van der Waals surface area contributed by atoms with Crippen molar-refractivity contribution in [3.05, 3.63) is 29.8 Å². The summed E-state index contributed by atoms with van der Waals surface area (Å²) in [7, 11) is -0.425. The molecule has 0 bridgehead atoms. The molecular weight excluding hydrogens is 301 g/mol. The Balaban J connectivity index is 1.73. The lowest BCUT2D eigenvalue weighted by Crippen LogP contribution is -2.41. The number of rotatable bonds is 4. The molecule has 4 nitrogen and oxygen atoms in total. The van der Waals surface area contributed by atoms with Gasteiger partial charge in [-0.15, -0.1) is 0 Å². The fourth-order valence-electron chi connectivity index (χ4n) is 3.42. The van der Waals surface area contributed by atoms with Gasteiger partial charge in [0.1, 0.15) is 0 Å². The standard InChI is InChI=1S/C19H28BNO3/c1-18(2)19(3,4)24-20(23-18)16-12-8-5-9-14(16)13-17(22)21-15-10-6-7-11-15/h5,8-9,12,15H,6-7,10-11,13H2,1-4H3,(H,21,22). The van der Waals surface area contributed by atoms with E-state index in [0.29, 0.717) is 12.5 Å². The summed E-state index contributed by atoms with van der Waals surface area (Å²) in [6, 6.07) is 8.28. The van der Waals surface area contributed by atoms with E-state index in [-0.39, 0.29) is 17.1 Å². The number of nitrogens with one attached hydrogen (secondary N) is 1. The Labute approximate surface area is 145 Å². The summed E-state index contributed by atoms with van der Waals surface area (Å²) in [5.41, 5.74) is 1.18. The molecule has 1 amide bonds. The van der Waals surface area contributed by atoms with Gasteiger partial charge in [-0.25, -0.2) is 0 Å². The quantitative estimate of drug-likeness (QED) is 0.864. The van der Waals surface area contributed by atoms with Crippen LogP contribution in [0.1, 0.15) is 58.9 Å². The van der Waals surface area contributed by atoms with Crippen molar-refractivity contribution < 1.29 is 14.1 Å². The normalized spacial score (nSPS) is 22.8. The number of amides is 1. The lowest BCUT2D eigenvalue weighted by molar-refractivity contribution is -0.121. The summed E-state index contributed by atoms with van der Waals surface area (Å²) in [6.07, 6.45) is 5.01. The minimum absolute atomic E-state index is 0.0888. The van der Waals surface area contributed by atoms with E-state index in [4.69, 9.17) is 9.31 Å². The van der Waals surface area contributed by atoms with Crippen molar-refractivity contribution >= 4 is 18.5 Å². The fraction of sp³-hybridized carbons (Fsp3) is 0.632. The Morgan fingerprint density at radius 2 is 1.71 bits per heavy atom. The van der Waals surface area contributed by atoms with Crippen molar-refractivity contribution in [1.29, 1.82) is 0 Å². The van der Waals surface area contributed by atoms with Crippen molar-refractivity contribution in [2.24, 2.45) is 0 Å². The fourth-order valence-corrected chi connectivity index (χ4v) is 3.42. The molecule has 2 fully saturated rings. The van der Waals surface area contributed by atoms with E-state index in [2.05, 4.69) is 5.32 Å². The van der Waals surface area contributed by atoms with Gasteiger partial charge >= 0.3 is 7.12 Å². The van der Waals surface area contributed by atoms with E-state index in [0.717, 1.165) is 23.9 Å². The van der Waals surface area contributed by atoms with Gasteiger partial charge in [0.2, 0.25) is 5.91 Å². The third kappa shape index (κ3) is 3.52. The lowest BCUT2D eigenvalue weighted by Gasteiger charge is -2.32. The number of hydrogen-bond donors (Lipinski definition) is 1. The van der Waals surface area contributed by atoms with E-state index in [1.54, 1.807) is 0 Å². The molecule has 130 valence electrons. The summed E-state index contributed by atoms with van der Waals surface area (Å²) in [6.45, 7) is 8.18. The molecule has 0 spiro atoms. The highest BCUT2D eigenvalue weighted by Gasteiger charge is 2.52. The summed E-state index contributed by atoms with van der Waals surface area (Å²) >= 11 is 0. The molecule has 0 atom stereocenters. The maximum absolute atomic E-state index is 12.4. The summed E-state index contributed by atoms with van der Waals surface area (Å²) in [5, 5.41) is 3.16. The molecule has 0 aromatic heterocycles. The molecule has 0 unspecified atom stereocenters. The highest BCUT2D eigenvalue weighted by molar-refractivity contribution is 6.62. The molecule has 1 aromatic rings. The zero-order valence-corrected chi connectivity index (χ0v) is 15.2. The molecule has 1 saturated heterocycles. The van der Waals surface area contributed by atoms with E-state index in [1.165, 1.54) is 12.8 Å². The second kappa shape index (κ2) is 6.53. The number of benzene rings is 1. The minimum atomic E-state index is -0.425. The van der Waals surface area contributed by atoms with Crippen LogP contribution in [0, 0.1) is 0 Å². The first-order valence-electron chi connectivity index (χ1n) is 9.01.